The Kier molecular flexibility index (Phi) is 3.06. The van der Waals surface area contributed by atoms with Crippen LogP contribution in [-0.2, 0) is 12.8 Å². The maximum Gasteiger partial charge on any atom is 0.123 e. The number of rotatable bonds is 2. The Balaban J connectivity index is 2.18. The molecular formula is C13H18FN. The SMILES string of the molecule is CNC(C)C1CCc2ccc(F)cc2C1. The topological polar surface area (TPSA) is 12.0 Å². The molecule has 0 aromatic heterocycles. The van der Waals surface area contributed by atoms with Gasteiger partial charge in [-0.1, -0.05) is 6.07 Å². The maximum atomic E-state index is 13.1. The summed E-state index contributed by atoms with van der Waals surface area (Å²) in [4.78, 5) is 0. The summed E-state index contributed by atoms with van der Waals surface area (Å²) in [6.07, 6.45) is 3.31. The van der Waals surface area contributed by atoms with Crippen LogP contribution in [0.15, 0.2) is 18.2 Å². The molecule has 0 aliphatic heterocycles. The van der Waals surface area contributed by atoms with E-state index < -0.39 is 0 Å². The summed E-state index contributed by atoms with van der Waals surface area (Å²) in [7, 11) is 1.99. The van der Waals surface area contributed by atoms with Crippen LogP contribution >= 0.6 is 0 Å². The predicted molar refractivity (Wildman–Crippen MR) is 60.4 cm³/mol. The Hall–Kier alpha value is -0.890. The third-order valence-corrected chi connectivity index (χ3v) is 3.60. The molecule has 0 saturated carbocycles. The molecule has 0 radical (unpaired) electrons. The molecule has 1 nitrogen and oxygen atoms in total. The van der Waals surface area contributed by atoms with Gasteiger partial charge in [-0.25, -0.2) is 4.39 Å². The summed E-state index contributed by atoms with van der Waals surface area (Å²) in [5.41, 5.74) is 2.53. The van der Waals surface area contributed by atoms with Crippen LogP contribution in [0.2, 0.25) is 0 Å². The molecule has 82 valence electrons. The van der Waals surface area contributed by atoms with Crippen molar-refractivity contribution in [3.63, 3.8) is 0 Å². The maximum absolute atomic E-state index is 13.1. The molecule has 1 N–H and O–H groups in total. The average Bonchev–Trinajstić information content (AvgIpc) is 2.27. The van der Waals surface area contributed by atoms with Crippen molar-refractivity contribution in [3.05, 3.63) is 35.1 Å². The molecule has 0 amide bonds. The second kappa shape index (κ2) is 4.31. The van der Waals surface area contributed by atoms with Crippen molar-refractivity contribution < 1.29 is 4.39 Å². The van der Waals surface area contributed by atoms with Crippen molar-refractivity contribution in [3.8, 4) is 0 Å². The highest BCUT2D eigenvalue weighted by molar-refractivity contribution is 5.30. The summed E-state index contributed by atoms with van der Waals surface area (Å²) in [6, 6.07) is 5.72. The highest BCUT2D eigenvalue weighted by atomic mass is 19.1. The van der Waals surface area contributed by atoms with E-state index in [1.165, 1.54) is 17.5 Å². The molecule has 0 bridgehead atoms. The van der Waals surface area contributed by atoms with Crippen LogP contribution in [0.25, 0.3) is 0 Å². The Morgan fingerprint density at radius 3 is 2.93 bits per heavy atom. The number of nitrogens with one attached hydrogen (secondary N) is 1. The van der Waals surface area contributed by atoms with E-state index in [0.717, 1.165) is 12.8 Å². The second-order valence-corrected chi connectivity index (χ2v) is 4.49. The number of halogens is 1. The molecule has 1 aromatic rings. The Morgan fingerprint density at radius 2 is 2.20 bits per heavy atom. The van der Waals surface area contributed by atoms with E-state index in [-0.39, 0.29) is 5.82 Å². The average molecular weight is 207 g/mol. The van der Waals surface area contributed by atoms with E-state index in [0.29, 0.717) is 12.0 Å². The zero-order valence-corrected chi connectivity index (χ0v) is 9.39. The van der Waals surface area contributed by atoms with Gasteiger partial charge in [0.2, 0.25) is 0 Å². The van der Waals surface area contributed by atoms with Gasteiger partial charge in [0.05, 0.1) is 0 Å². The van der Waals surface area contributed by atoms with E-state index in [9.17, 15) is 4.39 Å². The normalized spacial score (nSPS) is 22.2. The fourth-order valence-electron chi connectivity index (χ4n) is 2.42. The molecule has 2 rings (SSSR count). The molecule has 2 unspecified atom stereocenters. The minimum atomic E-state index is -0.105. The van der Waals surface area contributed by atoms with Gasteiger partial charge in [-0.3, -0.25) is 0 Å². The van der Waals surface area contributed by atoms with E-state index in [4.69, 9.17) is 0 Å². The molecule has 2 heteroatoms. The smallest absolute Gasteiger partial charge is 0.123 e. The third-order valence-electron chi connectivity index (χ3n) is 3.60. The Bertz CT molecular complexity index is 348. The molecule has 15 heavy (non-hydrogen) atoms. The van der Waals surface area contributed by atoms with Crippen LogP contribution in [0.3, 0.4) is 0 Å². The van der Waals surface area contributed by atoms with Gasteiger partial charge in [0.25, 0.3) is 0 Å². The van der Waals surface area contributed by atoms with Crippen molar-refractivity contribution in [2.45, 2.75) is 32.2 Å². The standard InChI is InChI=1S/C13H18FN/c1-9(15-2)11-4-3-10-5-6-13(14)8-12(10)7-11/h5-6,8-9,11,15H,3-4,7H2,1-2H3. The summed E-state index contributed by atoms with van der Waals surface area (Å²) in [5.74, 6) is 0.538. The molecule has 2 atom stereocenters. The molecule has 0 saturated heterocycles. The lowest BCUT2D eigenvalue weighted by molar-refractivity contribution is 0.354. The number of hydrogen-bond acceptors (Lipinski definition) is 1. The van der Waals surface area contributed by atoms with Crippen LogP contribution in [0.4, 0.5) is 4.39 Å². The first kappa shape index (κ1) is 10.6. The summed E-state index contributed by atoms with van der Waals surface area (Å²) >= 11 is 0. The fraction of sp³-hybridized carbons (Fsp3) is 0.538. The van der Waals surface area contributed by atoms with Gasteiger partial charge in [-0.05, 0) is 62.4 Å². The number of fused-ring (bicyclic) bond motifs is 1. The van der Waals surface area contributed by atoms with Gasteiger partial charge in [-0.2, -0.15) is 0 Å². The second-order valence-electron chi connectivity index (χ2n) is 4.49. The molecule has 0 spiro atoms. The van der Waals surface area contributed by atoms with E-state index in [1.807, 2.05) is 13.1 Å². The van der Waals surface area contributed by atoms with Crippen LogP contribution < -0.4 is 5.32 Å². The zero-order chi connectivity index (χ0) is 10.8. The molecule has 1 aliphatic carbocycles. The summed E-state index contributed by atoms with van der Waals surface area (Å²) < 4.78 is 13.1. The van der Waals surface area contributed by atoms with Gasteiger partial charge in [-0.15, -0.1) is 0 Å². The van der Waals surface area contributed by atoms with E-state index in [1.54, 1.807) is 12.1 Å². The Morgan fingerprint density at radius 1 is 1.40 bits per heavy atom. The van der Waals surface area contributed by atoms with Crippen molar-refractivity contribution in [2.24, 2.45) is 5.92 Å². The van der Waals surface area contributed by atoms with Crippen molar-refractivity contribution in [1.29, 1.82) is 0 Å². The van der Waals surface area contributed by atoms with Crippen LogP contribution in [0, 0.1) is 11.7 Å². The molecule has 1 aromatic carbocycles. The highest BCUT2D eigenvalue weighted by Crippen LogP contribution is 2.27. The Labute approximate surface area is 90.7 Å². The van der Waals surface area contributed by atoms with Crippen molar-refractivity contribution in [1.82, 2.24) is 5.32 Å². The first-order chi connectivity index (χ1) is 7.20. The van der Waals surface area contributed by atoms with Gasteiger partial charge >= 0.3 is 0 Å². The number of hydrogen-bond donors (Lipinski definition) is 1. The first-order valence-electron chi connectivity index (χ1n) is 5.65. The third kappa shape index (κ3) is 2.20. The lowest BCUT2D eigenvalue weighted by Gasteiger charge is -2.29. The van der Waals surface area contributed by atoms with Crippen LogP contribution in [0.5, 0.6) is 0 Å². The fourth-order valence-corrected chi connectivity index (χ4v) is 2.42. The largest absolute Gasteiger partial charge is 0.317 e. The van der Waals surface area contributed by atoms with Crippen molar-refractivity contribution >= 4 is 0 Å². The van der Waals surface area contributed by atoms with Crippen LogP contribution in [0.1, 0.15) is 24.5 Å². The molecular weight excluding hydrogens is 189 g/mol. The number of aryl methyl sites for hydroxylation is 1. The first-order valence-corrected chi connectivity index (χ1v) is 5.65. The van der Waals surface area contributed by atoms with E-state index in [2.05, 4.69) is 12.2 Å². The van der Waals surface area contributed by atoms with E-state index >= 15 is 0 Å². The van der Waals surface area contributed by atoms with Crippen molar-refractivity contribution in [2.75, 3.05) is 7.05 Å². The van der Waals surface area contributed by atoms with Gasteiger partial charge in [0.1, 0.15) is 5.82 Å². The van der Waals surface area contributed by atoms with Gasteiger partial charge < -0.3 is 5.32 Å². The monoisotopic (exact) mass is 207 g/mol. The van der Waals surface area contributed by atoms with Gasteiger partial charge in [0, 0.05) is 6.04 Å². The quantitative estimate of drug-likeness (QED) is 0.786. The lowest BCUT2D eigenvalue weighted by Crippen LogP contribution is -2.34. The summed E-state index contributed by atoms with van der Waals surface area (Å²) in [5, 5.41) is 3.29. The summed E-state index contributed by atoms with van der Waals surface area (Å²) in [6.45, 7) is 2.20. The minimum absolute atomic E-state index is 0.105. The van der Waals surface area contributed by atoms with Crippen LogP contribution in [-0.4, -0.2) is 13.1 Å². The zero-order valence-electron chi connectivity index (χ0n) is 9.39. The highest BCUT2D eigenvalue weighted by Gasteiger charge is 2.22. The molecule has 1 aliphatic rings. The number of benzene rings is 1. The lowest BCUT2D eigenvalue weighted by atomic mass is 9.80. The predicted octanol–water partition coefficient (Wildman–Crippen LogP) is 2.54. The molecule has 0 fully saturated rings. The van der Waals surface area contributed by atoms with Gasteiger partial charge in [0.15, 0.2) is 0 Å². The molecule has 0 heterocycles. The minimum Gasteiger partial charge on any atom is -0.317 e.